The molecule has 0 atom stereocenters. The highest BCUT2D eigenvalue weighted by atomic mass is 16.2. The molecule has 1 aromatic rings. The lowest BCUT2D eigenvalue weighted by molar-refractivity contribution is 0.0650. The number of aryl methyl sites for hydroxylation is 1. The molecular weight excluding hydrogens is 166 g/mol. The summed E-state index contributed by atoms with van der Waals surface area (Å²) in [7, 11) is 0. The highest BCUT2D eigenvalue weighted by molar-refractivity contribution is 5.95. The van der Waals surface area contributed by atoms with E-state index in [1.807, 2.05) is 4.90 Å². The van der Waals surface area contributed by atoms with E-state index in [0.29, 0.717) is 11.3 Å². The van der Waals surface area contributed by atoms with Crippen molar-refractivity contribution >= 4 is 5.91 Å². The Hall–Kier alpha value is -1.45. The number of carbonyl (C=O) groups is 1. The molecule has 1 aromatic heterocycles. The lowest BCUT2D eigenvalue weighted by Gasteiger charge is -2.31. The van der Waals surface area contributed by atoms with Crippen molar-refractivity contribution in [2.24, 2.45) is 0 Å². The molecule has 2 heterocycles. The first kappa shape index (κ1) is 8.16. The van der Waals surface area contributed by atoms with E-state index in [9.17, 15) is 4.79 Å². The van der Waals surface area contributed by atoms with Gasteiger partial charge in [-0.15, -0.1) is 0 Å². The molecule has 0 aromatic carbocycles. The molecule has 68 valence electrons. The quantitative estimate of drug-likeness (QED) is 0.632. The zero-order chi connectivity index (χ0) is 9.26. The van der Waals surface area contributed by atoms with Crippen LogP contribution in [-0.2, 0) is 0 Å². The lowest BCUT2D eigenvalue weighted by Crippen LogP contribution is -2.42. The van der Waals surface area contributed by atoms with Gasteiger partial charge in [0.25, 0.3) is 5.91 Å². The molecule has 0 spiro atoms. The Kier molecular flexibility index (Phi) is 1.96. The molecule has 4 nitrogen and oxygen atoms in total. The Balaban J connectivity index is 2.24. The first-order chi connectivity index (χ1) is 6.29. The summed E-state index contributed by atoms with van der Waals surface area (Å²) in [6, 6.07) is 1.73. The van der Waals surface area contributed by atoms with Gasteiger partial charge in [-0.1, -0.05) is 0 Å². The minimum absolute atomic E-state index is 0.0821. The van der Waals surface area contributed by atoms with Gasteiger partial charge in [0, 0.05) is 13.1 Å². The first-order valence-corrected chi connectivity index (χ1v) is 4.36. The van der Waals surface area contributed by atoms with E-state index in [2.05, 4.69) is 10.2 Å². The number of rotatable bonds is 1. The molecule has 1 amide bonds. The van der Waals surface area contributed by atoms with Crippen molar-refractivity contribution < 1.29 is 4.79 Å². The van der Waals surface area contributed by atoms with Crippen LogP contribution in [0.1, 0.15) is 22.5 Å². The fourth-order valence-electron chi connectivity index (χ4n) is 1.32. The Morgan fingerprint density at radius 3 is 2.85 bits per heavy atom. The van der Waals surface area contributed by atoms with Crippen LogP contribution in [0.25, 0.3) is 0 Å². The van der Waals surface area contributed by atoms with Gasteiger partial charge < -0.3 is 4.90 Å². The summed E-state index contributed by atoms with van der Waals surface area (Å²) in [5, 5.41) is 7.55. The number of hydrogen-bond donors (Lipinski definition) is 0. The molecule has 0 aliphatic carbocycles. The van der Waals surface area contributed by atoms with Crippen LogP contribution in [0.2, 0.25) is 0 Å². The Morgan fingerprint density at radius 2 is 2.31 bits per heavy atom. The van der Waals surface area contributed by atoms with Crippen LogP contribution in [0.4, 0.5) is 0 Å². The lowest BCUT2D eigenvalue weighted by atomic mass is 10.1. The molecule has 1 saturated heterocycles. The molecule has 0 unspecified atom stereocenters. The van der Waals surface area contributed by atoms with Crippen LogP contribution in [0, 0.1) is 6.92 Å². The van der Waals surface area contributed by atoms with Crippen molar-refractivity contribution in [3.63, 3.8) is 0 Å². The third-order valence-electron chi connectivity index (χ3n) is 2.28. The van der Waals surface area contributed by atoms with Crippen molar-refractivity contribution in [3.8, 4) is 0 Å². The number of likely N-dealkylation sites (tertiary alicyclic amines) is 1. The summed E-state index contributed by atoms with van der Waals surface area (Å²) < 4.78 is 0. The SMILES string of the molecule is Cc1nnccc1C(=O)N1CCC1. The number of hydrogen-bond acceptors (Lipinski definition) is 3. The fourth-order valence-corrected chi connectivity index (χ4v) is 1.32. The second kappa shape index (κ2) is 3.12. The first-order valence-electron chi connectivity index (χ1n) is 4.36. The number of nitrogens with zero attached hydrogens (tertiary/aromatic N) is 3. The van der Waals surface area contributed by atoms with Crippen LogP contribution in [0.3, 0.4) is 0 Å². The van der Waals surface area contributed by atoms with E-state index in [4.69, 9.17) is 0 Å². The van der Waals surface area contributed by atoms with Crippen molar-refractivity contribution in [2.75, 3.05) is 13.1 Å². The zero-order valence-electron chi connectivity index (χ0n) is 7.53. The molecule has 2 rings (SSSR count). The maximum atomic E-state index is 11.7. The van der Waals surface area contributed by atoms with Crippen LogP contribution >= 0.6 is 0 Å². The summed E-state index contributed by atoms with van der Waals surface area (Å²) in [5.41, 5.74) is 1.38. The largest absolute Gasteiger partial charge is 0.338 e. The van der Waals surface area contributed by atoms with E-state index in [1.165, 1.54) is 0 Å². The average molecular weight is 177 g/mol. The van der Waals surface area contributed by atoms with E-state index in [0.717, 1.165) is 19.5 Å². The smallest absolute Gasteiger partial charge is 0.255 e. The highest BCUT2D eigenvalue weighted by Gasteiger charge is 2.22. The van der Waals surface area contributed by atoms with Gasteiger partial charge in [0.2, 0.25) is 0 Å². The van der Waals surface area contributed by atoms with Crippen molar-refractivity contribution in [1.82, 2.24) is 15.1 Å². The molecule has 1 aliphatic rings. The number of aromatic nitrogens is 2. The second-order valence-corrected chi connectivity index (χ2v) is 3.18. The molecule has 0 bridgehead atoms. The standard InChI is InChI=1S/C9H11N3O/c1-7-8(3-4-10-11-7)9(13)12-5-2-6-12/h3-4H,2,5-6H2,1H3. The summed E-state index contributed by atoms with van der Waals surface area (Å²) in [6.07, 6.45) is 2.67. The van der Waals surface area contributed by atoms with Crippen molar-refractivity contribution in [1.29, 1.82) is 0 Å². The predicted molar refractivity (Wildman–Crippen MR) is 47.3 cm³/mol. The van der Waals surface area contributed by atoms with E-state index < -0.39 is 0 Å². The molecule has 1 fully saturated rings. The predicted octanol–water partition coefficient (Wildman–Crippen LogP) is 0.631. The second-order valence-electron chi connectivity index (χ2n) is 3.18. The monoisotopic (exact) mass is 177 g/mol. The fraction of sp³-hybridized carbons (Fsp3) is 0.444. The van der Waals surface area contributed by atoms with Gasteiger partial charge in [0.15, 0.2) is 0 Å². The van der Waals surface area contributed by atoms with Crippen LogP contribution < -0.4 is 0 Å². The minimum atomic E-state index is 0.0821. The molecule has 13 heavy (non-hydrogen) atoms. The number of amides is 1. The average Bonchev–Trinajstić information content (AvgIpc) is 2.01. The van der Waals surface area contributed by atoms with Crippen LogP contribution in [0.5, 0.6) is 0 Å². The van der Waals surface area contributed by atoms with Crippen LogP contribution in [0.15, 0.2) is 12.3 Å². The van der Waals surface area contributed by atoms with Gasteiger partial charge in [-0.05, 0) is 19.4 Å². The van der Waals surface area contributed by atoms with Gasteiger partial charge >= 0.3 is 0 Å². The third kappa shape index (κ3) is 1.39. The zero-order valence-corrected chi connectivity index (χ0v) is 7.53. The molecule has 0 saturated carbocycles. The molecule has 1 aliphatic heterocycles. The van der Waals surface area contributed by atoms with Crippen molar-refractivity contribution in [3.05, 3.63) is 23.5 Å². The topological polar surface area (TPSA) is 46.1 Å². The summed E-state index contributed by atoms with van der Waals surface area (Å²) in [4.78, 5) is 13.5. The van der Waals surface area contributed by atoms with Gasteiger partial charge in [-0.3, -0.25) is 4.79 Å². The van der Waals surface area contributed by atoms with Crippen molar-refractivity contribution in [2.45, 2.75) is 13.3 Å². The maximum absolute atomic E-state index is 11.7. The number of carbonyl (C=O) groups excluding carboxylic acids is 1. The summed E-state index contributed by atoms with van der Waals surface area (Å²) in [5.74, 6) is 0.0821. The molecule has 4 heteroatoms. The van der Waals surface area contributed by atoms with E-state index in [1.54, 1.807) is 19.2 Å². The van der Waals surface area contributed by atoms with Gasteiger partial charge in [-0.25, -0.2) is 0 Å². The Morgan fingerprint density at radius 1 is 1.54 bits per heavy atom. The molecule has 0 N–H and O–H groups in total. The van der Waals surface area contributed by atoms with Gasteiger partial charge in [0.1, 0.15) is 0 Å². The minimum Gasteiger partial charge on any atom is -0.338 e. The Labute approximate surface area is 76.6 Å². The normalized spacial score (nSPS) is 15.3. The Bertz CT molecular complexity index is 333. The summed E-state index contributed by atoms with van der Waals surface area (Å²) >= 11 is 0. The van der Waals surface area contributed by atoms with Crippen LogP contribution in [-0.4, -0.2) is 34.1 Å². The summed E-state index contributed by atoms with van der Waals surface area (Å²) in [6.45, 7) is 3.56. The van der Waals surface area contributed by atoms with Gasteiger partial charge in [0.05, 0.1) is 17.5 Å². The van der Waals surface area contributed by atoms with E-state index >= 15 is 0 Å². The van der Waals surface area contributed by atoms with Gasteiger partial charge in [-0.2, -0.15) is 10.2 Å². The van der Waals surface area contributed by atoms with E-state index in [-0.39, 0.29) is 5.91 Å². The third-order valence-corrected chi connectivity index (χ3v) is 2.28. The highest BCUT2D eigenvalue weighted by Crippen LogP contribution is 2.13. The molecule has 0 radical (unpaired) electrons. The molecular formula is C9H11N3O. The maximum Gasteiger partial charge on any atom is 0.255 e.